The normalized spacial score (nSPS) is 23.6. The molecule has 0 aliphatic heterocycles. The summed E-state index contributed by atoms with van der Waals surface area (Å²) < 4.78 is 0. The predicted octanol–water partition coefficient (Wildman–Crippen LogP) is 3.00. The Morgan fingerprint density at radius 1 is 1.30 bits per heavy atom. The van der Waals surface area contributed by atoms with Gasteiger partial charge in [0, 0.05) is 12.5 Å². The first kappa shape index (κ1) is 15.0. The zero-order valence-electron chi connectivity index (χ0n) is 12.8. The van der Waals surface area contributed by atoms with Gasteiger partial charge in [0.25, 0.3) is 0 Å². The number of carbonyl (C=O) groups excluding carboxylic acids is 1. The van der Waals surface area contributed by atoms with Crippen molar-refractivity contribution in [3.63, 3.8) is 0 Å². The van der Waals surface area contributed by atoms with Crippen molar-refractivity contribution in [2.24, 2.45) is 11.7 Å². The first-order valence-electron chi connectivity index (χ1n) is 7.59. The maximum atomic E-state index is 12.1. The Kier molecular flexibility index (Phi) is 4.81. The van der Waals surface area contributed by atoms with Gasteiger partial charge in [0.15, 0.2) is 0 Å². The fourth-order valence-electron chi connectivity index (χ4n) is 3.20. The van der Waals surface area contributed by atoms with Gasteiger partial charge in [-0.2, -0.15) is 0 Å². The molecule has 3 heteroatoms. The van der Waals surface area contributed by atoms with Crippen molar-refractivity contribution in [2.75, 3.05) is 0 Å². The van der Waals surface area contributed by atoms with Gasteiger partial charge >= 0.3 is 0 Å². The largest absolute Gasteiger partial charge is 0.350 e. The second-order valence-corrected chi connectivity index (χ2v) is 6.27. The highest BCUT2D eigenvalue weighted by Gasteiger charge is 2.26. The van der Waals surface area contributed by atoms with E-state index in [2.05, 4.69) is 37.4 Å². The Hall–Kier alpha value is -1.35. The zero-order chi connectivity index (χ0) is 14.7. The van der Waals surface area contributed by atoms with Crippen LogP contribution in [0.25, 0.3) is 0 Å². The van der Waals surface area contributed by atoms with Gasteiger partial charge in [-0.25, -0.2) is 0 Å². The van der Waals surface area contributed by atoms with E-state index in [1.54, 1.807) is 0 Å². The topological polar surface area (TPSA) is 55.1 Å². The molecule has 0 heterocycles. The molecule has 0 saturated heterocycles. The van der Waals surface area contributed by atoms with E-state index < -0.39 is 0 Å². The quantitative estimate of drug-likeness (QED) is 0.886. The molecule has 3 atom stereocenters. The lowest BCUT2D eigenvalue weighted by molar-refractivity contribution is -0.122. The molecule has 1 aliphatic rings. The summed E-state index contributed by atoms with van der Waals surface area (Å²) in [6.45, 7) is 6.21. The fraction of sp³-hybridized carbons (Fsp3) is 0.588. The predicted molar refractivity (Wildman–Crippen MR) is 82.4 cm³/mol. The molecule has 0 bridgehead atoms. The van der Waals surface area contributed by atoms with Crippen LogP contribution in [0.3, 0.4) is 0 Å². The van der Waals surface area contributed by atoms with E-state index in [1.807, 2.05) is 6.92 Å². The maximum Gasteiger partial charge on any atom is 0.220 e. The van der Waals surface area contributed by atoms with Crippen molar-refractivity contribution in [1.29, 1.82) is 0 Å². The molecule has 1 amide bonds. The van der Waals surface area contributed by atoms with Crippen LogP contribution in [0.1, 0.15) is 55.3 Å². The Morgan fingerprint density at radius 3 is 2.50 bits per heavy atom. The SMILES string of the molecule is Cc1cc(C)cc(C(C)NC(=O)C[C@@H]2CCC[C@H]2N)c1. The van der Waals surface area contributed by atoms with Crippen molar-refractivity contribution in [1.82, 2.24) is 5.32 Å². The lowest BCUT2D eigenvalue weighted by Gasteiger charge is -2.19. The second-order valence-electron chi connectivity index (χ2n) is 6.27. The van der Waals surface area contributed by atoms with Crippen molar-refractivity contribution in [3.8, 4) is 0 Å². The minimum absolute atomic E-state index is 0.0544. The van der Waals surface area contributed by atoms with E-state index in [-0.39, 0.29) is 18.0 Å². The van der Waals surface area contributed by atoms with Crippen LogP contribution in [-0.2, 0) is 4.79 Å². The van der Waals surface area contributed by atoms with Crippen molar-refractivity contribution in [3.05, 3.63) is 34.9 Å². The summed E-state index contributed by atoms with van der Waals surface area (Å²) in [5.41, 5.74) is 9.67. The Balaban J connectivity index is 1.93. The molecule has 1 fully saturated rings. The van der Waals surface area contributed by atoms with Crippen LogP contribution in [0, 0.1) is 19.8 Å². The molecule has 3 N–H and O–H groups in total. The maximum absolute atomic E-state index is 12.1. The van der Waals surface area contributed by atoms with E-state index >= 15 is 0 Å². The molecule has 0 aromatic heterocycles. The van der Waals surface area contributed by atoms with Gasteiger partial charge < -0.3 is 11.1 Å². The van der Waals surface area contributed by atoms with Crippen LogP contribution in [-0.4, -0.2) is 11.9 Å². The number of nitrogens with two attached hydrogens (primary N) is 1. The monoisotopic (exact) mass is 274 g/mol. The second kappa shape index (κ2) is 6.40. The molecule has 3 nitrogen and oxygen atoms in total. The number of nitrogens with one attached hydrogen (secondary N) is 1. The average Bonchev–Trinajstić information content (AvgIpc) is 2.73. The summed E-state index contributed by atoms with van der Waals surface area (Å²) in [6.07, 6.45) is 3.87. The number of aryl methyl sites for hydroxylation is 2. The summed E-state index contributed by atoms with van der Waals surface area (Å²) in [6, 6.07) is 6.68. The Bertz CT molecular complexity index is 464. The van der Waals surface area contributed by atoms with Gasteiger partial charge in [0.1, 0.15) is 0 Å². The minimum Gasteiger partial charge on any atom is -0.350 e. The molecular weight excluding hydrogens is 248 g/mol. The van der Waals surface area contributed by atoms with Crippen molar-refractivity contribution >= 4 is 5.91 Å². The van der Waals surface area contributed by atoms with Gasteiger partial charge in [-0.05, 0) is 45.1 Å². The van der Waals surface area contributed by atoms with Crippen LogP contribution in [0.4, 0.5) is 0 Å². The van der Waals surface area contributed by atoms with E-state index in [1.165, 1.54) is 16.7 Å². The lowest BCUT2D eigenvalue weighted by Crippen LogP contribution is -2.32. The highest BCUT2D eigenvalue weighted by atomic mass is 16.1. The smallest absolute Gasteiger partial charge is 0.220 e. The highest BCUT2D eigenvalue weighted by molar-refractivity contribution is 5.76. The third-order valence-electron chi connectivity index (χ3n) is 4.29. The molecule has 20 heavy (non-hydrogen) atoms. The van der Waals surface area contributed by atoms with Crippen LogP contribution in [0.15, 0.2) is 18.2 Å². The van der Waals surface area contributed by atoms with Gasteiger partial charge in [0.05, 0.1) is 6.04 Å². The third kappa shape index (κ3) is 3.83. The molecule has 1 aliphatic carbocycles. The first-order valence-corrected chi connectivity index (χ1v) is 7.59. The number of amides is 1. The van der Waals surface area contributed by atoms with Crippen molar-refractivity contribution in [2.45, 2.75) is 58.5 Å². The number of hydrogen-bond acceptors (Lipinski definition) is 2. The van der Waals surface area contributed by atoms with Gasteiger partial charge in [-0.15, -0.1) is 0 Å². The standard InChI is InChI=1S/C17H26N2O/c1-11-7-12(2)9-15(8-11)13(3)19-17(20)10-14-5-4-6-16(14)18/h7-9,13-14,16H,4-6,10,18H2,1-3H3,(H,19,20)/t13?,14-,16+/m0/s1. The third-order valence-corrected chi connectivity index (χ3v) is 4.29. The summed E-state index contributed by atoms with van der Waals surface area (Å²) >= 11 is 0. The van der Waals surface area contributed by atoms with Crippen LogP contribution in [0.2, 0.25) is 0 Å². The molecule has 0 radical (unpaired) electrons. The first-order chi connectivity index (χ1) is 9.45. The summed E-state index contributed by atoms with van der Waals surface area (Å²) in [4.78, 5) is 12.1. The number of benzene rings is 1. The summed E-state index contributed by atoms with van der Waals surface area (Å²) in [5.74, 6) is 0.487. The molecular formula is C17H26N2O. The molecule has 1 aromatic carbocycles. The Morgan fingerprint density at radius 2 is 1.95 bits per heavy atom. The van der Waals surface area contributed by atoms with Gasteiger partial charge in [0.2, 0.25) is 5.91 Å². The summed E-state index contributed by atoms with van der Waals surface area (Å²) in [5, 5.41) is 3.10. The fourth-order valence-corrected chi connectivity index (χ4v) is 3.20. The van der Waals surface area contributed by atoms with Gasteiger partial charge in [-0.3, -0.25) is 4.79 Å². The van der Waals surface area contributed by atoms with Crippen LogP contribution < -0.4 is 11.1 Å². The molecule has 1 saturated carbocycles. The van der Waals surface area contributed by atoms with E-state index in [4.69, 9.17) is 5.73 Å². The van der Waals surface area contributed by atoms with E-state index in [0.717, 1.165) is 19.3 Å². The highest BCUT2D eigenvalue weighted by Crippen LogP contribution is 2.27. The van der Waals surface area contributed by atoms with E-state index in [9.17, 15) is 4.79 Å². The molecule has 110 valence electrons. The molecule has 1 aromatic rings. The van der Waals surface area contributed by atoms with Crippen LogP contribution >= 0.6 is 0 Å². The number of rotatable bonds is 4. The van der Waals surface area contributed by atoms with E-state index in [0.29, 0.717) is 12.3 Å². The van der Waals surface area contributed by atoms with Crippen LogP contribution in [0.5, 0.6) is 0 Å². The molecule has 1 unspecified atom stereocenters. The Labute approximate surface area is 121 Å². The number of hydrogen-bond donors (Lipinski definition) is 2. The molecule has 2 rings (SSSR count). The summed E-state index contributed by atoms with van der Waals surface area (Å²) in [7, 11) is 0. The lowest BCUT2D eigenvalue weighted by atomic mass is 9.98. The molecule has 0 spiro atoms. The van der Waals surface area contributed by atoms with Gasteiger partial charge in [-0.1, -0.05) is 35.7 Å². The number of carbonyl (C=O) groups is 1. The zero-order valence-corrected chi connectivity index (χ0v) is 12.8. The van der Waals surface area contributed by atoms with Crippen molar-refractivity contribution < 1.29 is 4.79 Å². The minimum atomic E-state index is 0.0544. The average molecular weight is 274 g/mol.